The Morgan fingerprint density at radius 3 is 2.73 bits per heavy atom. The SMILES string of the molecule is CC(CO)N(C)C(=O)c1cnc(Cl)cn1. The van der Waals surface area contributed by atoms with Crippen molar-refractivity contribution in [2.75, 3.05) is 13.7 Å². The third-order valence-electron chi connectivity index (χ3n) is 2.09. The number of likely N-dealkylation sites (N-methyl/N-ethyl adjacent to an activating group) is 1. The fourth-order valence-corrected chi connectivity index (χ4v) is 1.02. The number of hydrogen-bond acceptors (Lipinski definition) is 4. The van der Waals surface area contributed by atoms with E-state index in [0.717, 1.165) is 0 Å². The number of aromatic nitrogens is 2. The van der Waals surface area contributed by atoms with Crippen LogP contribution in [0.5, 0.6) is 0 Å². The summed E-state index contributed by atoms with van der Waals surface area (Å²) in [6, 6.07) is -0.255. The van der Waals surface area contributed by atoms with Gasteiger partial charge in [-0.25, -0.2) is 9.97 Å². The maximum absolute atomic E-state index is 11.7. The molecule has 82 valence electrons. The molecule has 1 amide bonds. The highest BCUT2D eigenvalue weighted by Crippen LogP contribution is 2.05. The lowest BCUT2D eigenvalue weighted by molar-refractivity contribution is 0.0676. The van der Waals surface area contributed by atoms with Crippen molar-refractivity contribution in [1.82, 2.24) is 14.9 Å². The van der Waals surface area contributed by atoms with E-state index in [-0.39, 0.29) is 29.4 Å². The maximum atomic E-state index is 11.7. The molecule has 6 heteroatoms. The number of carbonyl (C=O) groups is 1. The summed E-state index contributed by atoms with van der Waals surface area (Å²) in [5, 5.41) is 9.13. The molecule has 0 aromatic carbocycles. The minimum absolute atomic E-state index is 0.0940. The predicted octanol–water partition coefficient (Wildman–Crippen LogP) is 0.583. The number of rotatable bonds is 3. The second kappa shape index (κ2) is 5.04. The van der Waals surface area contributed by atoms with E-state index in [4.69, 9.17) is 16.7 Å². The Labute approximate surface area is 92.7 Å². The van der Waals surface area contributed by atoms with Crippen LogP contribution in [0.25, 0.3) is 0 Å². The standard InChI is InChI=1S/C9H12ClN3O2/c1-6(5-14)13(2)9(15)7-3-12-8(10)4-11-7/h3-4,6,14H,5H2,1-2H3. The monoisotopic (exact) mass is 229 g/mol. The van der Waals surface area contributed by atoms with Gasteiger partial charge >= 0.3 is 0 Å². The van der Waals surface area contributed by atoms with Gasteiger partial charge in [-0.05, 0) is 6.92 Å². The van der Waals surface area contributed by atoms with Crippen LogP contribution in [0.4, 0.5) is 0 Å². The predicted molar refractivity (Wildman–Crippen MR) is 55.7 cm³/mol. The number of aliphatic hydroxyl groups is 1. The Hall–Kier alpha value is -1.20. The van der Waals surface area contributed by atoms with Crippen LogP contribution >= 0.6 is 11.6 Å². The lowest BCUT2D eigenvalue weighted by Gasteiger charge is -2.22. The average molecular weight is 230 g/mol. The molecule has 1 unspecified atom stereocenters. The third-order valence-corrected chi connectivity index (χ3v) is 2.28. The lowest BCUT2D eigenvalue weighted by Crippen LogP contribution is -2.37. The molecule has 0 aliphatic carbocycles. The summed E-state index contributed by atoms with van der Waals surface area (Å²) in [4.78, 5) is 20.7. The van der Waals surface area contributed by atoms with Crippen LogP contribution in [0.3, 0.4) is 0 Å². The molecule has 0 bridgehead atoms. The van der Waals surface area contributed by atoms with Crippen LogP contribution in [0.1, 0.15) is 17.4 Å². The number of hydrogen-bond donors (Lipinski definition) is 1. The van der Waals surface area contributed by atoms with Crippen LogP contribution in [-0.2, 0) is 0 Å². The van der Waals surface area contributed by atoms with Gasteiger partial charge in [0.05, 0.1) is 25.0 Å². The Morgan fingerprint density at radius 1 is 1.60 bits per heavy atom. The molecular weight excluding hydrogens is 218 g/mol. The summed E-state index contributed by atoms with van der Waals surface area (Å²) in [5.41, 5.74) is 0.210. The second-order valence-electron chi connectivity index (χ2n) is 3.17. The first-order valence-corrected chi connectivity index (χ1v) is 4.79. The molecule has 15 heavy (non-hydrogen) atoms. The zero-order chi connectivity index (χ0) is 11.4. The Bertz CT molecular complexity index is 342. The van der Waals surface area contributed by atoms with Crippen molar-refractivity contribution in [1.29, 1.82) is 0 Å². The van der Waals surface area contributed by atoms with Crippen molar-refractivity contribution < 1.29 is 9.90 Å². The number of nitrogens with zero attached hydrogens (tertiary/aromatic N) is 3. The number of carbonyl (C=O) groups excluding carboxylic acids is 1. The van der Waals surface area contributed by atoms with Crippen molar-refractivity contribution in [3.8, 4) is 0 Å². The summed E-state index contributed by atoms with van der Waals surface area (Å²) >= 11 is 5.55. The van der Waals surface area contributed by atoms with Crippen molar-refractivity contribution in [2.45, 2.75) is 13.0 Å². The van der Waals surface area contributed by atoms with Crippen LogP contribution in [0.15, 0.2) is 12.4 Å². The Kier molecular flexibility index (Phi) is 3.99. The maximum Gasteiger partial charge on any atom is 0.274 e. The summed E-state index contributed by atoms with van der Waals surface area (Å²) in [7, 11) is 1.60. The van der Waals surface area contributed by atoms with Gasteiger partial charge < -0.3 is 10.0 Å². The minimum Gasteiger partial charge on any atom is -0.394 e. The van der Waals surface area contributed by atoms with Gasteiger partial charge in [-0.3, -0.25) is 4.79 Å². The van der Waals surface area contributed by atoms with Crippen LogP contribution in [-0.4, -0.2) is 45.6 Å². The largest absolute Gasteiger partial charge is 0.394 e. The van der Waals surface area contributed by atoms with Crippen molar-refractivity contribution in [3.63, 3.8) is 0 Å². The van der Waals surface area contributed by atoms with E-state index < -0.39 is 0 Å². The first-order chi connectivity index (χ1) is 7.06. The molecule has 0 saturated heterocycles. The summed E-state index contributed by atoms with van der Waals surface area (Å²) in [6.45, 7) is 1.64. The first-order valence-electron chi connectivity index (χ1n) is 4.41. The van der Waals surface area contributed by atoms with E-state index in [1.54, 1.807) is 14.0 Å². The molecule has 1 rings (SSSR count). The van der Waals surface area contributed by atoms with Gasteiger partial charge in [-0.15, -0.1) is 0 Å². The van der Waals surface area contributed by atoms with Gasteiger partial charge in [0, 0.05) is 7.05 Å². The summed E-state index contributed by atoms with van der Waals surface area (Å²) in [5.74, 6) is -0.291. The molecule has 0 saturated carbocycles. The summed E-state index contributed by atoms with van der Waals surface area (Å²) in [6.07, 6.45) is 2.62. The van der Waals surface area contributed by atoms with Crippen LogP contribution in [0, 0.1) is 0 Å². The van der Waals surface area contributed by atoms with Gasteiger partial charge in [-0.2, -0.15) is 0 Å². The molecule has 0 aliphatic rings. The molecule has 0 fully saturated rings. The minimum atomic E-state index is -0.291. The van der Waals surface area contributed by atoms with Gasteiger partial charge in [0.2, 0.25) is 0 Å². The second-order valence-corrected chi connectivity index (χ2v) is 3.56. The zero-order valence-corrected chi connectivity index (χ0v) is 9.27. The molecule has 1 aromatic heterocycles. The molecule has 0 radical (unpaired) electrons. The third kappa shape index (κ3) is 2.87. The number of halogens is 1. The highest BCUT2D eigenvalue weighted by atomic mass is 35.5. The van der Waals surface area contributed by atoms with E-state index >= 15 is 0 Å². The van der Waals surface area contributed by atoms with Crippen molar-refractivity contribution in [2.24, 2.45) is 0 Å². The van der Waals surface area contributed by atoms with Gasteiger partial charge in [-0.1, -0.05) is 11.6 Å². The summed E-state index contributed by atoms with van der Waals surface area (Å²) < 4.78 is 0. The molecule has 1 aromatic rings. The lowest BCUT2D eigenvalue weighted by atomic mass is 10.3. The number of amides is 1. The van der Waals surface area contributed by atoms with E-state index in [1.807, 2.05) is 0 Å². The molecule has 1 atom stereocenters. The molecule has 1 heterocycles. The van der Waals surface area contributed by atoms with Crippen LogP contribution in [0.2, 0.25) is 5.15 Å². The van der Waals surface area contributed by atoms with E-state index in [1.165, 1.54) is 17.3 Å². The molecule has 5 nitrogen and oxygen atoms in total. The quantitative estimate of drug-likeness (QED) is 0.824. The Balaban J connectivity index is 2.80. The zero-order valence-electron chi connectivity index (χ0n) is 8.51. The number of aliphatic hydroxyl groups excluding tert-OH is 1. The van der Waals surface area contributed by atoms with Crippen LogP contribution < -0.4 is 0 Å². The van der Waals surface area contributed by atoms with Gasteiger partial charge in [0.15, 0.2) is 0 Å². The molecule has 0 spiro atoms. The molecule has 1 N–H and O–H groups in total. The van der Waals surface area contributed by atoms with E-state index in [9.17, 15) is 4.79 Å². The van der Waals surface area contributed by atoms with Crippen molar-refractivity contribution >= 4 is 17.5 Å². The molecule has 0 aliphatic heterocycles. The van der Waals surface area contributed by atoms with Gasteiger partial charge in [0.25, 0.3) is 5.91 Å². The molecular formula is C9H12ClN3O2. The topological polar surface area (TPSA) is 66.3 Å². The fraction of sp³-hybridized carbons (Fsp3) is 0.444. The Morgan fingerprint density at radius 2 is 2.27 bits per heavy atom. The van der Waals surface area contributed by atoms with E-state index in [0.29, 0.717) is 0 Å². The average Bonchev–Trinajstić information content (AvgIpc) is 2.27. The smallest absolute Gasteiger partial charge is 0.274 e. The first kappa shape index (κ1) is 11.9. The van der Waals surface area contributed by atoms with E-state index in [2.05, 4.69) is 9.97 Å². The fourth-order valence-electron chi connectivity index (χ4n) is 0.926. The van der Waals surface area contributed by atoms with Crippen molar-refractivity contribution in [3.05, 3.63) is 23.2 Å². The highest BCUT2D eigenvalue weighted by molar-refractivity contribution is 6.29. The van der Waals surface area contributed by atoms with Gasteiger partial charge in [0.1, 0.15) is 10.8 Å². The normalized spacial score (nSPS) is 12.3. The highest BCUT2D eigenvalue weighted by Gasteiger charge is 2.17.